The number of nitrogens with zero attached hydrogens (tertiary/aromatic N) is 3. The first-order valence-electron chi connectivity index (χ1n) is 8.66. The molecule has 5 nitrogen and oxygen atoms in total. The van der Waals surface area contributed by atoms with Crippen molar-refractivity contribution in [1.82, 2.24) is 15.0 Å². The maximum atomic E-state index is 12.5. The van der Waals surface area contributed by atoms with Crippen LogP contribution in [0.1, 0.15) is 22.8 Å². The summed E-state index contributed by atoms with van der Waals surface area (Å²) in [5, 5.41) is 12.0. The van der Waals surface area contributed by atoms with Gasteiger partial charge in [0.25, 0.3) is 5.91 Å². The van der Waals surface area contributed by atoms with E-state index in [9.17, 15) is 4.79 Å². The largest absolute Gasteiger partial charge is 0.322 e. The van der Waals surface area contributed by atoms with E-state index in [1.165, 1.54) is 5.56 Å². The molecule has 0 atom stereocenters. The molecule has 0 saturated carbocycles. The SMILES string of the molecule is CCc1ccc(-n2nc3ccc(NC(=O)c4ccccc4Br)cc3n2)cc1. The topological polar surface area (TPSA) is 59.8 Å². The van der Waals surface area contributed by atoms with Gasteiger partial charge in [0.15, 0.2) is 0 Å². The lowest BCUT2D eigenvalue weighted by molar-refractivity contribution is 0.102. The monoisotopic (exact) mass is 420 g/mol. The minimum atomic E-state index is -0.177. The number of fused-ring (bicyclic) bond motifs is 1. The van der Waals surface area contributed by atoms with Crippen molar-refractivity contribution in [2.75, 3.05) is 5.32 Å². The maximum absolute atomic E-state index is 12.5. The zero-order valence-corrected chi connectivity index (χ0v) is 16.3. The van der Waals surface area contributed by atoms with Crippen LogP contribution < -0.4 is 5.32 Å². The Balaban J connectivity index is 1.60. The van der Waals surface area contributed by atoms with E-state index < -0.39 is 0 Å². The van der Waals surface area contributed by atoms with Gasteiger partial charge in [-0.3, -0.25) is 4.79 Å². The van der Waals surface area contributed by atoms with Crippen molar-refractivity contribution in [3.63, 3.8) is 0 Å². The molecule has 0 aliphatic rings. The third-order valence-corrected chi connectivity index (χ3v) is 5.02. The molecule has 0 unspecified atom stereocenters. The number of aryl methyl sites for hydroxylation is 1. The van der Waals surface area contributed by atoms with Crippen LogP contribution in [0.5, 0.6) is 0 Å². The summed E-state index contributed by atoms with van der Waals surface area (Å²) in [5.41, 5.74) is 4.93. The molecule has 1 N–H and O–H groups in total. The van der Waals surface area contributed by atoms with Gasteiger partial charge < -0.3 is 5.32 Å². The van der Waals surface area contributed by atoms with Gasteiger partial charge in [0, 0.05) is 10.2 Å². The number of nitrogens with one attached hydrogen (secondary N) is 1. The molecule has 0 aliphatic heterocycles. The van der Waals surface area contributed by atoms with E-state index in [-0.39, 0.29) is 5.91 Å². The second-order valence-corrected chi connectivity index (χ2v) is 7.00. The zero-order valence-electron chi connectivity index (χ0n) is 14.7. The summed E-state index contributed by atoms with van der Waals surface area (Å²) in [7, 11) is 0. The molecule has 0 fully saturated rings. The predicted octanol–water partition coefficient (Wildman–Crippen LogP) is 5.00. The molecule has 3 aromatic carbocycles. The molecule has 1 heterocycles. The predicted molar refractivity (Wildman–Crippen MR) is 110 cm³/mol. The first-order valence-corrected chi connectivity index (χ1v) is 9.45. The Labute approximate surface area is 165 Å². The third-order valence-electron chi connectivity index (χ3n) is 4.33. The van der Waals surface area contributed by atoms with Gasteiger partial charge in [0.2, 0.25) is 0 Å². The summed E-state index contributed by atoms with van der Waals surface area (Å²) < 4.78 is 0.755. The third kappa shape index (κ3) is 3.61. The van der Waals surface area contributed by atoms with Gasteiger partial charge in [-0.15, -0.1) is 10.2 Å². The Hall–Kier alpha value is -2.99. The fourth-order valence-electron chi connectivity index (χ4n) is 2.82. The summed E-state index contributed by atoms with van der Waals surface area (Å²) in [5.74, 6) is -0.177. The average Bonchev–Trinajstić information content (AvgIpc) is 3.11. The van der Waals surface area contributed by atoms with Gasteiger partial charge in [-0.1, -0.05) is 31.2 Å². The van der Waals surface area contributed by atoms with Crippen LogP contribution in [0.2, 0.25) is 0 Å². The summed E-state index contributed by atoms with van der Waals surface area (Å²) in [4.78, 5) is 14.1. The average molecular weight is 421 g/mol. The normalized spacial score (nSPS) is 10.9. The first-order chi connectivity index (χ1) is 13.1. The van der Waals surface area contributed by atoms with Crippen LogP contribution >= 0.6 is 15.9 Å². The number of hydrogen-bond acceptors (Lipinski definition) is 3. The van der Waals surface area contributed by atoms with Crippen LogP contribution in [0, 0.1) is 0 Å². The number of amides is 1. The second-order valence-electron chi connectivity index (χ2n) is 6.15. The molecule has 27 heavy (non-hydrogen) atoms. The smallest absolute Gasteiger partial charge is 0.256 e. The Morgan fingerprint density at radius 2 is 1.74 bits per heavy atom. The van der Waals surface area contributed by atoms with E-state index in [2.05, 4.69) is 50.5 Å². The van der Waals surface area contributed by atoms with E-state index >= 15 is 0 Å². The number of halogens is 1. The number of carbonyl (C=O) groups excluding carboxylic acids is 1. The fourth-order valence-corrected chi connectivity index (χ4v) is 3.28. The molecule has 4 rings (SSSR count). The molecular formula is C21H17BrN4O. The maximum Gasteiger partial charge on any atom is 0.256 e. The number of carbonyl (C=O) groups is 1. The molecule has 134 valence electrons. The van der Waals surface area contributed by atoms with Crippen LogP contribution in [0.4, 0.5) is 5.69 Å². The van der Waals surface area contributed by atoms with Crippen LogP contribution in [0.15, 0.2) is 71.2 Å². The molecule has 1 aromatic heterocycles. The van der Waals surface area contributed by atoms with Crippen molar-refractivity contribution < 1.29 is 4.79 Å². The highest BCUT2D eigenvalue weighted by Gasteiger charge is 2.11. The summed E-state index contributed by atoms with van der Waals surface area (Å²) in [6, 6.07) is 21.0. The van der Waals surface area contributed by atoms with Crippen molar-refractivity contribution in [2.24, 2.45) is 0 Å². The molecule has 0 bridgehead atoms. The fraction of sp³-hybridized carbons (Fsp3) is 0.0952. The van der Waals surface area contributed by atoms with Crippen LogP contribution in [0.25, 0.3) is 16.7 Å². The van der Waals surface area contributed by atoms with Gasteiger partial charge in [0.05, 0.1) is 11.3 Å². The van der Waals surface area contributed by atoms with E-state index in [1.54, 1.807) is 10.9 Å². The summed E-state index contributed by atoms with van der Waals surface area (Å²) >= 11 is 3.40. The van der Waals surface area contributed by atoms with Crippen molar-refractivity contribution >= 4 is 38.6 Å². The lowest BCUT2D eigenvalue weighted by atomic mass is 10.2. The van der Waals surface area contributed by atoms with Crippen LogP contribution in [-0.2, 0) is 6.42 Å². The van der Waals surface area contributed by atoms with Gasteiger partial charge in [-0.25, -0.2) is 0 Å². The van der Waals surface area contributed by atoms with Gasteiger partial charge >= 0.3 is 0 Å². The van der Waals surface area contributed by atoms with E-state index in [1.807, 2.05) is 48.5 Å². The minimum Gasteiger partial charge on any atom is -0.322 e. The van der Waals surface area contributed by atoms with Gasteiger partial charge in [0.1, 0.15) is 11.0 Å². The number of aromatic nitrogens is 3. The number of benzene rings is 3. The van der Waals surface area contributed by atoms with Crippen molar-refractivity contribution in [3.05, 3.63) is 82.3 Å². The summed E-state index contributed by atoms with van der Waals surface area (Å²) in [6.07, 6.45) is 0.995. The van der Waals surface area contributed by atoms with Crippen LogP contribution in [0.3, 0.4) is 0 Å². The lowest BCUT2D eigenvalue weighted by Crippen LogP contribution is -2.12. The van der Waals surface area contributed by atoms with Gasteiger partial charge in [-0.05, 0) is 70.4 Å². The molecule has 4 aromatic rings. The number of anilines is 1. The molecule has 0 aliphatic carbocycles. The standard InChI is InChI=1S/C21H17BrN4O/c1-2-14-7-10-16(11-8-14)26-24-19-12-9-15(13-20(19)25-26)23-21(27)17-5-3-4-6-18(17)22/h3-13H,2H2,1H3,(H,23,27). The Bertz CT molecular complexity index is 1120. The molecule has 0 radical (unpaired) electrons. The highest BCUT2D eigenvalue weighted by atomic mass is 79.9. The molecule has 0 spiro atoms. The summed E-state index contributed by atoms with van der Waals surface area (Å²) in [6.45, 7) is 2.12. The first kappa shape index (κ1) is 17.4. The van der Waals surface area contributed by atoms with E-state index in [0.717, 1.165) is 27.6 Å². The quantitative estimate of drug-likeness (QED) is 0.505. The Kier molecular flexibility index (Phi) is 4.73. The molecular weight excluding hydrogens is 404 g/mol. The van der Waals surface area contributed by atoms with Crippen molar-refractivity contribution in [2.45, 2.75) is 13.3 Å². The second kappa shape index (κ2) is 7.32. The van der Waals surface area contributed by atoms with E-state index in [0.29, 0.717) is 11.3 Å². The highest BCUT2D eigenvalue weighted by Crippen LogP contribution is 2.21. The number of hydrogen-bond donors (Lipinski definition) is 1. The molecule has 6 heteroatoms. The highest BCUT2D eigenvalue weighted by molar-refractivity contribution is 9.10. The molecule has 0 saturated heterocycles. The Morgan fingerprint density at radius 3 is 2.48 bits per heavy atom. The lowest BCUT2D eigenvalue weighted by Gasteiger charge is -2.06. The minimum absolute atomic E-state index is 0.177. The van der Waals surface area contributed by atoms with Gasteiger partial charge in [-0.2, -0.15) is 4.80 Å². The zero-order chi connectivity index (χ0) is 18.8. The number of rotatable bonds is 4. The van der Waals surface area contributed by atoms with Crippen molar-refractivity contribution in [3.8, 4) is 5.69 Å². The molecule has 1 amide bonds. The Morgan fingerprint density at radius 1 is 1.00 bits per heavy atom. The van der Waals surface area contributed by atoms with Crippen molar-refractivity contribution in [1.29, 1.82) is 0 Å². The van der Waals surface area contributed by atoms with Crippen LogP contribution in [-0.4, -0.2) is 20.9 Å². The van der Waals surface area contributed by atoms with E-state index in [4.69, 9.17) is 0 Å².